The van der Waals surface area contributed by atoms with E-state index >= 15 is 0 Å². The number of aromatic nitrogens is 3. The molecule has 1 aromatic rings. The summed E-state index contributed by atoms with van der Waals surface area (Å²) in [6, 6.07) is 1.04. The molecule has 5 heteroatoms. The molecule has 1 saturated heterocycles. The van der Waals surface area contributed by atoms with Crippen molar-refractivity contribution < 1.29 is 0 Å². The topological polar surface area (TPSA) is 56.8 Å². The van der Waals surface area contributed by atoms with Gasteiger partial charge in [0, 0.05) is 25.2 Å². The van der Waals surface area contributed by atoms with Crippen LogP contribution in [0, 0.1) is 0 Å². The summed E-state index contributed by atoms with van der Waals surface area (Å²) in [6.07, 6.45) is 2.71. The predicted molar refractivity (Wildman–Crippen MR) is 55.3 cm³/mol. The minimum atomic E-state index is 0.478. The highest BCUT2D eigenvalue weighted by Gasteiger charge is 2.25. The van der Waals surface area contributed by atoms with Gasteiger partial charge in [0.2, 0.25) is 5.95 Å². The van der Waals surface area contributed by atoms with Gasteiger partial charge in [0.15, 0.2) is 0 Å². The zero-order chi connectivity index (χ0) is 9.97. The van der Waals surface area contributed by atoms with Crippen molar-refractivity contribution in [3.05, 3.63) is 6.33 Å². The number of nitrogens with one attached hydrogen (secondary N) is 2. The molecule has 5 nitrogen and oxygen atoms in total. The minimum Gasteiger partial charge on any atom is -0.336 e. The number of piperazine rings is 1. The van der Waals surface area contributed by atoms with E-state index in [0.717, 1.165) is 25.5 Å². The van der Waals surface area contributed by atoms with Gasteiger partial charge < -0.3 is 10.2 Å². The molecule has 2 rings (SSSR count). The fraction of sp³-hybridized carbons (Fsp3) is 0.778. The van der Waals surface area contributed by atoms with Crippen LogP contribution in [0.15, 0.2) is 6.33 Å². The summed E-state index contributed by atoms with van der Waals surface area (Å²) in [5.41, 5.74) is 0. The minimum absolute atomic E-state index is 0.478. The Morgan fingerprint density at radius 1 is 1.64 bits per heavy atom. The Balaban J connectivity index is 2.09. The van der Waals surface area contributed by atoms with E-state index < -0.39 is 0 Å². The molecule has 0 radical (unpaired) electrons. The van der Waals surface area contributed by atoms with Crippen molar-refractivity contribution >= 4 is 5.95 Å². The summed E-state index contributed by atoms with van der Waals surface area (Å²) in [5.74, 6) is 0.887. The van der Waals surface area contributed by atoms with Crippen LogP contribution in [0.1, 0.15) is 20.3 Å². The van der Waals surface area contributed by atoms with E-state index in [1.165, 1.54) is 0 Å². The van der Waals surface area contributed by atoms with Crippen molar-refractivity contribution in [1.82, 2.24) is 20.5 Å². The lowest BCUT2D eigenvalue weighted by Gasteiger charge is -2.38. The molecule has 0 bridgehead atoms. The van der Waals surface area contributed by atoms with Crippen LogP contribution < -0.4 is 10.2 Å². The molecule has 0 amide bonds. The van der Waals surface area contributed by atoms with Gasteiger partial charge in [0.1, 0.15) is 6.33 Å². The first kappa shape index (κ1) is 9.45. The highest BCUT2D eigenvalue weighted by molar-refractivity contribution is 5.31. The van der Waals surface area contributed by atoms with E-state index in [1.807, 2.05) is 0 Å². The molecule has 1 aliphatic rings. The van der Waals surface area contributed by atoms with Crippen molar-refractivity contribution in [1.29, 1.82) is 0 Å². The van der Waals surface area contributed by atoms with Gasteiger partial charge in [-0.05, 0) is 13.3 Å². The van der Waals surface area contributed by atoms with Gasteiger partial charge in [-0.15, -0.1) is 0 Å². The summed E-state index contributed by atoms with van der Waals surface area (Å²) in [6.45, 7) is 6.42. The number of hydrogen-bond donors (Lipinski definition) is 2. The molecule has 14 heavy (non-hydrogen) atoms. The summed E-state index contributed by atoms with van der Waals surface area (Å²) >= 11 is 0. The summed E-state index contributed by atoms with van der Waals surface area (Å²) < 4.78 is 0. The predicted octanol–water partition coefficient (Wildman–Crippen LogP) is 0.381. The molecular weight excluding hydrogens is 178 g/mol. The Bertz CT molecular complexity index is 271. The molecule has 1 aromatic heterocycles. The normalized spacial score (nSPS) is 28.0. The molecule has 2 heterocycles. The molecule has 0 spiro atoms. The Hall–Kier alpha value is -1.10. The number of aromatic amines is 1. The standard InChI is InChI=1S/C9H17N5/c1-3-8-5-14(7(2)4-10-8)9-11-6-12-13-9/h6-8,10H,3-5H2,1-2H3,(H,11,12,13). The SMILES string of the molecule is CCC1CN(c2ncn[nH]2)C(C)CN1. The van der Waals surface area contributed by atoms with E-state index in [2.05, 4.69) is 39.2 Å². The van der Waals surface area contributed by atoms with E-state index in [1.54, 1.807) is 6.33 Å². The highest BCUT2D eigenvalue weighted by atomic mass is 15.4. The summed E-state index contributed by atoms with van der Waals surface area (Å²) in [7, 11) is 0. The van der Waals surface area contributed by atoms with Crippen LogP contribution in [-0.4, -0.2) is 40.4 Å². The van der Waals surface area contributed by atoms with Crippen LogP contribution in [0.4, 0.5) is 5.95 Å². The van der Waals surface area contributed by atoms with E-state index in [4.69, 9.17) is 0 Å². The lowest BCUT2D eigenvalue weighted by atomic mass is 10.1. The second-order valence-corrected chi connectivity index (χ2v) is 3.82. The van der Waals surface area contributed by atoms with E-state index in [9.17, 15) is 0 Å². The van der Waals surface area contributed by atoms with Gasteiger partial charge in [-0.25, -0.2) is 5.10 Å². The fourth-order valence-corrected chi connectivity index (χ4v) is 1.84. The van der Waals surface area contributed by atoms with Crippen molar-refractivity contribution in [2.24, 2.45) is 0 Å². The van der Waals surface area contributed by atoms with Gasteiger partial charge in [-0.3, -0.25) is 0 Å². The Labute approximate surface area is 83.9 Å². The summed E-state index contributed by atoms with van der Waals surface area (Å²) in [4.78, 5) is 6.47. The molecule has 0 saturated carbocycles. The molecule has 2 unspecified atom stereocenters. The highest BCUT2D eigenvalue weighted by Crippen LogP contribution is 2.14. The van der Waals surface area contributed by atoms with Gasteiger partial charge in [-0.2, -0.15) is 10.1 Å². The van der Waals surface area contributed by atoms with Crippen molar-refractivity contribution in [3.8, 4) is 0 Å². The third-order valence-electron chi connectivity index (χ3n) is 2.82. The van der Waals surface area contributed by atoms with Crippen molar-refractivity contribution in [2.75, 3.05) is 18.0 Å². The first-order chi connectivity index (χ1) is 6.81. The van der Waals surface area contributed by atoms with E-state index in [0.29, 0.717) is 12.1 Å². The quantitative estimate of drug-likeness (QED) is 0.716. The van der Waals surface area contributed by atoms with Gasteiger partial charge in [0.05, 0.1) is 0 Å². The molecule has 0 aromatic carbocycles. The number of anilines is 1. The van der Waals surface area contributed by atoms with Crippen molar-refractivity contribution in [3.63, 3.8) is 0 Å². The molecule has 2 N–H and O–H groups in total. The van der Waals surface area contributed by atoms with E-state index in [-0.39, 0.29) is 0 Å². The van der Waals surface area contributed by atoms with Crippen LogP contribution >= 0.6 is 0 Å². The molecular formula is C9H17N5. The average Bonchev–Trinajstić information content (AvgIpc) is 2.71. The lowest BCUT2D eigenvalue weighted by Crippen LogP contribution is -2.55. The van der Waals surface area contributed by atoms with Crippen LogP contribution in [0.25, 0.3) is 0 Å². The third kappa shape index (κ3) is 1.72. The third-order valence-corrected chi connectivity index (χ3v) is 2.82. The Kier molecular flexibility index (Phi) is 2.67. The maximum Gasteiger partial charge on any atom is 0.221 e. The molecule has 0 aliphatic carbocycles. The molecule has 1 aliphatic heterocycles. The van der Waals surface area contributed by atoms with Gasteiger partial charge in [0.25, 0.3) is 0 Å². The largest absolute Gasteiger partial charge is 0.336 e. The first-order valence-corrected chi connectivity index (χ1v) is 5.16. The molecule has 2 atom stereocenters. The number of nitrogens with zero attached hydrogens (tertiary/aromatic N) is 3. The number of hydrogen-bond acceptors (Lipinski definition) is 4. The monoisotopic (exact) mass is 195 g/mol. The lowest BCUT2D eigenvalue weighted by molar-refractivity contribution is 0.393. The zero-order valence-electron chi connectivity index (χ0n) is 8.70. The summed E-state index contributed by atoms with van der Waals surface area (Å²) in [5, 5.41) is 10.3. The van der Waals surface area contributed by atoms with Gasteiger partial charge in [-0.1, -0.05) is 6.92 Å². The first-order valence-electron chi connectivity index (χ1n) is 5.16. The number of H-pyrrole nitrogens is 1. The number of rotatable bonds is 2. The van der Waals surface area contributed by atoms with Crippen LogP contribution in [0.3, 0.4) is 0 Å². The smallest absolute Gasteiger partial charge is 0.221 e. The maximum atomic E-state index is 4.19. The fourth-order valence-electron chi connectivity index (χ4n) is 1.84. The van der Waals surface area contributed by atoms with Crippen LogP contribution in [-0.2, 0) is 0 Å². The van der Waals surface area contributed by atoms with Crippen LogP contribution in [0.2, 0.25) is 0 Å². The average molecular weight is 195 g/mol. The van der Waals surface area contributed by atoms with Crippen LogP contribution in [0.5, 0.6) is 0 Å². The van der Waals surface area contributed by atoms with Crippen molar-refractivity contribution in [2.45, 2.75) is 32.4 Å². The zero-order valence-corrected chi connectivity index (χ0v) is 8.70. The second-order valence-electron chi connectivity index (χ2n) is 3.82. The molecule has 78 valence electrons. The molecule has 1 fully saturated rings. The van der Waals surface area contributed by atoms with Gasteiger partial charge >= 0.3 is 0 Å². The Morgan fingerprint density at radius 2 is 2.50 bits per heavy atom. The Morgan fingerprint density at radius 3 is 3.14 bits per heavy atom. The maximum absolute atomic E-state index is 4.19. The second kappa shape index (κ2) is 3.96.